The number of hydrogen-bond donors (Lipinski definition) is 0. The van der Waals surface area contributed by atoms with Crippen molar-refractivity contribution in [1.29, 1.82) is 0 Å². The molecule has 0 N–H and O–H groups in total. The van der Waals surface area contributed by atoms with Crippen molar-refractivity contribution in [3.63, 3.8) is 0 Å². The van der Waals surface area contributed by atoms with Gasteiger partial charge in [-0.15, -0.1) is 0 Å². The third kappa shape index (κ3) is 4.46. The Morgan fingerprint density at radius 1 is 1.09 bits per heavy atom. The van der Waals surface area contributed by atoms with Gasteiger partial charge in [0.2, 0.25) is 15.9 Å². The molecule has 0 radical (unpaired) electrons. The number of carbonyl (C=O) groups is 2. The summed E-state index contributed by atoms with van der Waals surface area (Å²) < 4.78 is 46.9. The summed E-state index contributed by atoms with van der Waals surface area (Å²) in [5.41, 5.74) is 1.09. The monoisotopic (exact) mass is 493 g/mol. The second-order valence-electron chi connectivity index (χ2n) is 7.54. The molecule has 0 saturated carbocycles. The average Bonchev–Trinajstić information content (AvgIpc) is 3.18. The number of hydrogen-bond acceptors (Lipinski definition) is 5. The summed E-state index contributed by atoms with van der Waals surface area (Å²) in [6.07, 6.45) is 1.59. The molecule has 2 heterocycles. The normalized spacial score (nSPS) is 15.1. The van der Waals surface area contributed by atoms with Crippen LogP contribution in [0.2, 0.25) is 5.02 Å². The summed E-state index contributed by atoms with van der Waals surface area (Å²) in [5.74, 6) is -1.38. The summed E-state index contributed by atoms with van der Waals surface area (Å²) in [6, 6.07) is 10.5. The number of ether oxygens (including phenoxy) is 1. The van der Waals surface area contributed by atoms with Crippen molar-refractivity contribution in [3.05, 3.63) is 65.1 Å². The molecule has 1 aliphatic rings. The van der Waals surface area contributed by atoms with E-state index in [9.17, 15) is 22.4 Å². The number of nitrogens with zero attached hydrogens (tertiary/aromatic N) is 3. The lowest BCUT2D eigenvalue weighted by Crippen LogP contribution is -2.51. The van der Waals surface area contributed by atoms with Crippen LogP contribution in [0.25, 0.3) is 10.9 Å². The smallest absolute Gasteiger partial charge is 0.340 e. The van der Waals surface area contributed by atoms with Crippen molar-refractivity contribution in [3.8, 4) is 0 Å². The first-order chi connectivity index (χ1) is 15.7. The van der Waals surface area contributed by atoms with Gasteiger partial charge in [-0.05, 0) is 24.3 Å². The predicted molar refractivity (Wildman–Crippen MR) is 120 cm³/mol. The van der Waals surface area contributed by atoms with Gasteiger partial charge in [-0.3, -0.25) is 4.79 Å². The zero-order valence-corrected chi connectivity index (χ0v) is 19.3. The van der Waals surface area contributed by atoms with Crippen LogP contribution in [0.4, 0.5) is 4.39 Å². The number of carbonyl (C=O) groups excluding carboxylic acids is 2. The molecule has 1 aliphatic heterocycles. The van der Waals surface area contributed by atoms with Crippen molar-refractivity contribution in [2.45, 2.75) is 11.4 Å². The standard InChI is InChI=1S/C22H21ClFN3O5S/c1-32-22(29)17-13-26(20-5-3-2-4-16(17)20)14-21(28)25-8-10-27(11-9-25)33(30,31)15-6-7-19(24)18(23)12-15/h2-7,12-13H,8-11,14H2,1H3. The van der Waals surface area contributed by atoms with E-state index in [1.807, 2.05) is 12.1 Å². The molecule has 11 heteroatoms. The lowest BCUT2D eigenvalue weighted by molar-refractivity contribution is -0.132. The molecule has 2 aromatic carbocycles. The summed E-state index contributed by atoms with van der Waals surface area (Å²) in [7, 11) is -2.56. The van der Waals surface area contributed by atoms with E-state index < -0.39 is 21.8 Å². The van der Waals surface area contributed by atoms with Crippen LogP contribution in [0.3, 0.4) is 0 Å². The number of aromatic nitrogens is 1. The second kappa shape index (κ2) is 9.12. The molecule has 174 valence electrons. The minimum atomic E-state index is -3.86. The fourth-order valence-corrected chi connectivity index (χ4v) is 5.55. The number of piperazine rings is 1. The Hall–Kier alpha value is -2.95. The Morgan fingerprint density at radius 2 is 1.79 bits per heavy atom. The largest absolute Gasteiger partial charge is 0.465 e. The molecule has 1 fully saturated rings. The highest BCUT2D eigenvalue weighted by Gasteiger charge is 2.31. The Balaban J connectivity index is 1.46. The molecule has 3 aromatic rings. The number of sulfonamides is 1. The van der Waals surface area contributed by atoms with E-state index in [0.29, 0.717) is 10.9 Å². The number of methoxy groups -OCH3 is 1. The Kier molecular flexibility index (Phi) is 6.42. The molecule has 0 aliphatic carbocycles. The van der Waals surface area contributed by atoms with Crippen molar-refractivity contribution in [1.82, 2.24) is 13.8 Å². The third-order valence-electron chi connectivity index (χ3n) is 5.62. The topological polar surface area (TPSA) is 88.9 Å². The molecule has 0 unspecified atom stereocenters. The average molecular weight is 494 g/mol. The maximum atomic E-state index is 13.4. The van der Waals surface area contributed by atoms with Gasteiger partial charge >= 0.3 is 5.97 Å². The van der Waals surface area contributed by atoms with E-state index in [0.717, 1.165) is 17.6 Å². The zero-order valence-electron chi connectivity index (χ0n) is 17.7. The number of para-hydroxylation sites is 1. The van der Waals surface area contributed by atoms with Crippen LogP contribution >= 0.6 is 11.6 Å². The first-order valence-electron chi connectivity index (χ1n) is 10.1. The Labute approximate surface area is 195 Å². The van der Waals surface area contributed by atoms with Crippen LogP contribution in [0.15, 0.2) is 53.6 Å². The van der Waals surface area contributed by atoms with Crippen LogP contribution < -0.4 is 0 Å². The van der Waals surface area contributed by atoms with Crippen molar-refractivity contribution < 1.29 is 27.1 Å². The second-order valence-corrected chi connectivity index (χ2v) is 9.89. The number of halogens is 2. The summed E-state index contributed by atoms with van der Waals surface area (Å²) in [6.45, 7) is 0.607. The number of amides is 1. The maximum absolute atomic E-state index is 13.4. The molecular formula is C22H21ClFN3O5S. The van der Waals surface area contributed by atoms with Crippen LogP contribution in [-0.4, -0.2) is 67.4 Å². The van der Waals surface area contributed by atoms with E-state index in [1.54, 1.807) is 27.8 Å². The highest BCUT2D eigenvalue weighted by Crippen LogP contribution is 2.24. The van der Waals surface area contributed by atoms with E-state index in [4.69, 9.17) is 16.3 Å². The van der Waals surface area contributed by atoms with Crippen molar-refractivity contribution >= 4 is 44.4 Å². The van der Waals surface area contributed by atoms with E-state index in [2.05, 4.69) is 0 Å². The van der Waals surface area contributed by atoms with Crippen molar-refractivity contribution in [2.24, 2.45) is 0 Å². The molecule has 8 nitrogen and oxygen atoms in total. The van der Waals surface area contributed by atoms with Gasteiger partial charge in [0.15, 0.2) is 0 Å². The number of esters is 1. The quantitative estimate of drug-likeness (QED) is 0.510. The Bertz CT molecular complexity index is 1330. The van der Waals surface area contributed by atoms with Gasteiger partial charge in [0.25, 0.3) is 0 Å². The lowest BCUT2D eigenvalue weighted by atomic mass is 10.2. The van der Waals surface area contributed by atoms with E-state index >= 15 is 0 Å². The molecule has 0 bridgehead atoms. The Morgan fingerprint density at radius 3 is 2.45 bits per heavy atom. The van der Waals surface area contributed by atoms with Crippen LogP contribution in [0.1, 0.15) is 10.4 Å². The van der Waals surface area contributed by atoms with Gasteiger partial charge in [-0.25, -0.2) is 17.6 Å². The summed E-state index contributed by atoms with van der Waals surface area (Å²) in [5, 5.41) is 0.418. The highest BCUT2D eigenvalue weighted by atomic mass is 35.5. The fraction of sp³-hybridized carbons (Fsp3) is 0.273. The van der Waals surface area contributed by atoms with Crippen LogP contribution in [-0.2, 0) is 26.1 Å². The molecule has 0 spiro atoms. The van der Waals surface area contributed by atoms with Gasteiger partial charge in [0.1, 0.15) is 12.4 Å². The van der Waals surface area contributed by atoms with Gasteiger partial charge in [0.05, 0.1) is 22.6 Å². The van der Waals surface area contributed by atoms with E-state index in [-0.39, 0.29) is 48.5 Å². The summed E-state index contributed by atoms with van der Waals surface area (Å²) >= 11 is 5.73. The SMILES string of the molecule is COC(=O)c1cn(CC(=O)N2CCN(S(=O)(=O)c3ccc(F)c(Cl)c3)CC2)c2ccccc12. The molecular weight excluding hydrogens is 473 g/mol. The summed E-state index contributed by atoms with van der Waals surface area (Å²) in [4.78, 5) is 26.5. The fourth-order valence-electron chi connectivity index (χ4n) is 3.86. The first-order valence-corrected chi connectivity index (χ1v) is 11.9. The molecule has 1 amide bonds. The van der Waals surface area contributed by atoms with Crippen LogP contribution in [0, 0.1) is 5.82 Å². The van der Waals surface area contributed by atoms with Gasteiger partial charge in [-0.2, -0.15) is 4.31 Å². The maximum Gasteiger partial charge on any atom is 0.340 e. The molecule has 0 atom stereocenters. The zero-order chi connectivity index (χ0) is 23.8. The molecule has 4 rings (SSSR count). The van der Waals surface area contributed by atoms with Gasteiger partial charge in [-0.1, -0.05) is 29.8 Å². The third-order valence-corrected chi connectivity index (χ3v) is 7.80. The number of fused-ring (bicyclic) bond motifs is 1. The van der Waals surface area contributed by atoms with E-state index in [1.165, 1.54) is 17.5 Å². The van der Waals surface area contributed by atoms with Gasteiger partial charge in [0, 0.05) is 43.3 Å². The van der Waals surface area contributed by atoms with Crippen molar-refractivity contribution in [2.75, 3.05) is 33.3 Å². The first kappa shape index (κ1) is 23.2. The predicted octanol–water partition coefficient (Wildman–Crippen LogP) is 2.75. The van der Waals surface area contributed by atoms with Gasteiger partial charge < -0.3 is 14.2 Å². The molecule has 1 saturated heterocycles. The minimum Gasteiger partial charge on any atom is -0.465 e. The van der Waals surface area contributed by atoms with Crippen LogP contribution in [0.5, 0.6) is 0 Å². The molecule has 33 heavy (non-hydrogen) atoms. The number of rotatable bonds is 5. The lowest BCUT2D eigenvalue weighted by Gasteiger charge is -2.34. The minimum absolute atomic E-state index is 0.00216. The highest BCUT2D eigenvalue weighted by molar-refractivity contribution is 7.89. The number of benzene rings is 2. The molecule has 1 aromatic heterocycles.